The SMILES string of the molecule is CC(CC(=O)N(C)c1ccccc1)C1CCNCC1. The van der Waals surface area contributed by atoms with Crippen LogP contribution < -0.4 is 10.2 Å². The third-order valence-corrected chi connectivity index (χ3v) is 4.20. The van der Waals surface area contributed by atoms with Crippen molar-refractivity contribution in [3.63, 3.8) is 0 Å². The average Bonchev–Trinajstić information content (AvgIpc) is 2.48. The molecule has 0 aliphatic carbocycles. The first kappa shape index (κ1) is 14.1. The van der Waals surface area contributed by atoms with Gasteiger partial charge in [0.05, 0.1) is 0 Å². The van der Waals surface area contributed by atoms with E-state index in [2.05, 4.69) is 12.2 Å². The zero-order valence-corrected chi connectivity index (χ0v) is 11.9. The number of nitrogens with one attached hydrogen (secondary N) is 1. The van der Waals surface area contributed by atoms with Gasteiger partial charge in [-0.15, -0.1) is 0 Å². The minimum absolute atomic E-state index is 0.220. The summed E-state index contributed by atoms with van der Waals surface area (Å²) in [4.78, 5) is 14.1. The van der Waals surface area contributed by atoms with E-state index >= 15 is 0 Å². The second-order valence-corrected chi connectivity index (χ2v) is 5.56. The maximum absolute atomic E-state index is 12.3. The Bertz CT molecular complexity index is 398. The molecule has 2 rings (SSSR count). The van der Waals surface area contributed by atoms with Crippen molar-refractivity contribution in [3.05, 3.63) is 30.3 Å². The number of carbonyl (C=O) groups excluding carboxylic acids is 1. The summed E-state index contributed by atoms with van der Waals surface area (Å²) in [6.07, 6.45) is 3.04. The molecule has 0 radical (unpaired) electrons. The van der Waals surface area contributed by atoms with E-state index in [4.69, 9.17) is 0 Å². The predicted octanol–water partition coefficient (Wildman–Crippen LogP) is 2.68. The Balaban J connectivity index is 1.89. The number of rotatable bonds is 4. The lowest BCUT2D eigenvalue weighted by atomic mass is 9.84. The summed E-state index contributed by atoms with van der Waals surface area (Å²) in [5.74, 6) is 1.38. The highest BCUT2D eigenvalue weighted by atomic mass is 16.2. The van der Waals surface area contributed by atoms with Crippen LogP contribution in [-0.4, -0.2) is 26.0 Å². The molecule has 0 aromatic heterocycles. The van der Waals surface area contributed by atoms with Crippen molar-refractivity contribution in [1.82, 2.24) is 5.32 Å². The molecule has 1 aromatic rings. The number of carbonyl (C=O) groups is 1. The molecule has 0 bridgehead atoms. The third-order valence-electron chi connectivity index (χ3n) is 4.20. The number of hydrogen-bond donors (Lipinski definition) is 1. The fourth-order valence-corrected chi connectivity index (χ4v) is 2.79. The van der Waals surface area contributed by atoms with Crippen LogP contribution in [0.5, 0.6) is 0 Å². The van der Waals surface area contributed by atoms with E-state index < -0.39 is 0 Å². The Morgan fingerprint density at radius 1 is 1.32 bits per heavy atom. The molecule has 1 amide bonds. The molecule has 1 N–H and O–H groups in total. The van der Waals surface area contributed by atoms with Crippen molar-refractivity contribution >= 4 is 11.6 Å². The Morgan fingerprint density at radius 2 is 1.95 bits per heavy atom. The van der Waals surface area contributed by atoms with Crippen molar-refractivity contribution < 1.29 is 4.79 Å². The van der Waals surface area contributed by atoms with Gasteiger partial charge in [-0.3, -0.25) is 4.79 Å². The lowest BCUT2D eigenvalue weighted by Gasteiger charge is -2.29. The van der Waals surface area contributed by atoms with Crippen LogP contribution in [0.1, 0.15) is 26.2 Å². The Hall–Kier alpha value is -1.35. The molecule has 1 aromatic carbocycles. The summed E-state index contributed by atoms with van der Waals surface area (Å²) < 4.78 is 0. The van der Waals surface area contributed by atoms with E-state index in [1.54, 1.807) is 4.90 Å². The third kappa shape index (κ3) is 3.80. The van der Waals surface area contributed by atoms with E-state index in [1.165, 1.54) is 12.8 Å². The number of benzene rings is 1. The molecular formula is C16H24N2O. The van der Waals surface area contributed by atoms with E-state index in [9.17, 15) is 4.79 Å². The Kier molecular flexibility index (Phi) is 4.97. The molecule has 3 nitrogen and oxygen atoms in total. The highest BCUT2D eigenvalue weighted by Crippen LogP contribution is 2.25. The maximum Gasteiger partial charge on any atom is 0.226 e. The zero-order valence-electron chi connectivity index (χ0n) is 11.9. The van der Waals surface area contributed by atoms with Gasteiger partial charge in [-0.25, -0.2) is 0 Å². The summed E-state index contributed by atoms with van der Waals surface area (Å²) in [7, 11) is 1.87. The van der Waals surface area contributed by atoms with Crippen LogP contribution in [0.2, 0.25) is 0 Å². The lowest BCUT2D eigenvalue weighted by Crippen LogP contribution is -2.34. The zero-order chi connectivity index (χ0) is 13.7. The standard InChI is InChI=1S/C16H24N2O/c1-13(14-8-10-17-11-9-14)12-16(19)18(2)15-6-4-3-5-7-15/h3-7,13-14,17H,8-12H2,1-2H3. The lowest BCUT2D eigenvalue weighted by molar-refractivity contribution is -0.119. The first-order chi connectivity index (χ1) is 9.18. The van der Waals surface area contributed by atoms with Gasteiger partial charge in [0.1, 0.15) is 0 Å². The van der Waals surface area contributed by atoms with Gasteiger partial charge in [-0.05, 0) is 49.9 Å². The van der Waals surface area contributed by atoms with Crippen LogP contribution in [0.15, 0.2) is 30.3 Å². The van der Waals surface area contributed by atoms with Gasteiger partial charge in [0, 0.05) is 19.2 Å². The molecule has 1 saturated heterocycles. The largest absolute Gasteiger partial charge is 0.317 e. The highest BCUT2D eigenvalue weighted by molar-refractivity contribution is 5.92. The van der Waals surface area contributed by atoms with Crippen LogP contribution in [0, 0.1) is 11.8 Å². The van der Waals surface area contributed by atoms with Crippen molar-refractivity contribution in [2.75, 3.05) is 25.0 Å². The van der Waals surface area contributed by atoms with Gasteiger partial charge < -0.3 is 10.2 Å². The molecule has 1 fully saturated rings. The van der Waals surface area contributed by atoms with Crippen molar-refractivity contribution in [3.8, 4) is 0 Å². The van der Waals surface area contributed by atoms with Gasteiger partial charge in [0.2, 0.25) is 5.91 Å². The van der Waals surface area contributed by atoms with Crippen molar-refractivity contribution in [2.45, 2.75) is 26.2 Å². The smallest absolute Gasteiger partial charge is 0.226 e. The number of nitrogens with zero attached hydrogens (tertiary/aromatic N) is 1. The first-order valence-corrected chi connectivity index (χ1v) is 7.21. The molecule has 104 valence electrons. The van der Waals surface area contributed by atoms with Gasteiger partial charge in [-0.2, -0.15) is 0 Å². The van der Waals surface area contributed by atoms with Gasteiger partial charge in [0.25, 0.3) is 0 Å². The number of amides is 1. The molecular weight excluding hydrogens is 236 g/mol. The highest BCUT2D eigenvalue weighted by Gasteiger charge is 2.23. The number of piperidine rings is 1. The van der Waals surface area contributed by atoms with Crippen molar-refractivity contribution in [1.29, 1.82) is 0 Å². The summed E-state index contributed by atoms with van der Waals surface area (Å²) in [6, 6.07) is 9.87. The summed E-state index contributed by atoms with van der Waals surface area (Å²) in [5.41, 5.74) is 0.977. The molecule has 0 saturated carbocycles. The molecule has 1 aliphatic heterocycles. The van der Waals surface area contributed by atoms with Crippen LogP contribution in [0.25, 0.3) is 0 Å². The van der Waals surface area contributed by atoms with E-state index in [0.717, 1.165) is 18.8 Å². The summed E-state index contributed by atoms with van der Waals surface area (Å²) >= 11 is 0. The van der Waals surface area contributed by atoms with Crippen LogP contribution >= 0.6 is 0 Å². The second-order valence-electron chi connectivity index (χ2n) is 5.56. The van der Waals surface area contributed by atoms with E-state index in [0.29, 0.717) is 18.3 Å². The molecule has 1 heterocycles. The molecule has 1 atom stereocenters. The quantitative estimate of drug-likeness (QED) is 0.902. The molecule has 0 spiro atoms. The molecule has 19 heavy (non-hydrogen) atoms. The Morgan fingerprint density at radius 3 is 2.58 bits per heavy atom. The van der Waals surface area contributed by atoms with E-state index in [1.807, 2.05) is 37.4 Å². The van der Waals surface area contributed by atoms with Gasteiger partial charge in [-0.1, -0.05) is 25.1 Å². The average molecular weight is 260 g/mol. The first-order valence-electron chi connectivity index (χ1n) is 7.21. The van der Waals surface area contributed by atoms with Gasteiger partial charge >= 0.3 is 0 Å². The number of anilines is 1. The predicted molar refractivity (Wildman–Crippen MR) is 79.2 cm³/mol. The second kappa shape index (κ2) is 6.71. The van der Waals surface area contributed by atoms with Crippen LogP contribution in [0.4, 0.5) is 5.69 Å². The Labute approximate surface area is 116 Å². The maximum atomic E-state index is 12.3. The number of para-hydroxylation sites is 1. The van der Waals surface area contributed by atoms with Crippen LogP contribution in [-0.2, 0) is 4.79 Å². The minimum atomic E-state index is 0.220. The topological polar surface area (TPSA) is 32.3 Å². The molecule has 1 unspecified atom stereocenters. The summed E-state index contributed by atoms with van der Waals surface area (Å²) in [6.45, 7) is 4.40. The fraction of sp³-hybridized carbons (Fsp3) is 0.562. The van der Waals surface area contributed by atoms with E-state index in [-0.39, 0.29) is 5.91 Å². The summed E-state index contributed by atoms with van der Waals surface area (Å²) in [5, 5.41) is 3.38. The molecule has 3 heteroatoms. The molecule has 1 aliphatic rings. The van der Waals surface area contributed by atoms with Crippen molar-refractivity contribution in [2.24, 2.45) is 11.8 Å². The minimum Gasteiger partial charge on any atom is -0.317 e. The van der Waals surface area contributed by atoms with Crippen LogP contribution in [0.3, 0.4) is 0 Å². The fourth-order valence-electron chi connectivity index (χ4n) is 2.79. The number of hydrogen-bond acceptors (Lipinski definition) is 2. The monoisotopic (exact) mass is 260 g/mol. The van der Waals surface area contributed by atoms with Gasteiger partial charge in [0.15, 0.2) is 0 Å². The normalized spacial score (nSPS) is 18.0.